The monoisotopic (exact) mass is 289 g/mol. The molecule has 0 radical (unpaired) electrons. The third-order valence-corrected chi connectivity index (χ3v) is 4.65. The van der Waals surface area contributed by atoms with Crippen LogP contribution in [0.25, 0.3) is 0 Å². The standard InChI is InChI=1S/C18H31N3/c1-4-17(19)14-16-7-8-18(15(2)13-16)20(3)11-12-21-9-5-6-10-21/h7-8,13,17H,4-6,9-12,14,19H2,1-3H3. The van der Waals surface area contributed by atoms with Gasteiger partial charge in [-0.25, -0.2) is 0 Å². The molecule has 1 aromatic carbocycles. The Balaban J connectivity index is 1.92. The van der Waals surface area contributed by atoms with Gasteiger partial charge in [-0.05, 0) is 62.9 Å². The highest BCUT2D eigenvalue weighted by molar-refractivity contribution is 5.54. The number of nitrogens with two attached hydrogens (primary N) is 1. The highest BCUT2D eigenvalue weighted by Crippen LogP contribution is 2.21. The second-order valence-electron chi connectivity index (χ2n) is 6.46. The van der Waals surface area contributed by atoms with E-state index >= 15 is 0 Å². The van der Waals surface area contributed by atoms with E-state index in [0.29, 0.717) is 0 Å². The van der Waals surface area contributed by atoms with Crippen molar-refractivity contribution in [2.75, 3.05) is 38.1 Å². The minimum atomic E-state index is 0.281. The average Bonchev–Trinajstić information content (AvgIpc) is 2.98. The smallest absolute Gasteiger partial charge is 0.0393 e. The van der Waals surface area contributed by atoms with Crippen molar-refractivity contribution >= 4 is 5.69 Å². The normalized spacial score (nSPS) is 17.1. The van der Waals surface area contributed by atoms with Gasteiger partial charge >= 0.3 is 0 Å². The summed E-state index contributed by atoms with van der Waals surface area (Å²) in [6.45, 7) is 9.20. The van der Waals surface area contributed by atoms with Gasteiger partial charge in [0.25, 0.3) is 0 Å². The Morgan fingerprint density at radius 3 is 2.62 bits per heavy atom. The fraction of sp³-hybridized carbons (Fsp3) is 0.667. The molecule has 0 aromatic heterocycles. The van der Waals surface area contributed by atoms with E-state index in [9.17, 15) is 0 Å². The van der Waals surface area contributed by atoms with Crippen LogP contribution >= 0.6 is 0 Å². The van der Waals surface area contributed by atoms with Crippen molar-refractivity contribution in [3.63, 3.8) is 0 Å². The van der Waals surface area contributed by atoms with Gasteiger partial charge in [-0.1, -0.05) is 19.1 Å². The summed E-state index contributed by atoms with van der Waals surface area (Å²) in [6.07, 6.45) is 4.76. The molecular formula is C18H31N3. The minimum Gasteiger partial charge on any atom is -0.373 e. The highest BCUT2D eigenvalue weighted by atomic mass is 15.2. The van der Waals surface area contributed by atoms with Crippen LogP contribution < -0.4 is 10.6 Å². The molecule has 0 bridgehead atoms. The van der Waals surface area contributed by atoms with E-state index in [2.05, 4.69) is 48.9 Å². The van der Waals surface area contributed by atoms with Crippen LogP contribution in [0.2, 0.25) is 0 Å². The van der Waals surface area contributed by atoms with Gasteiger partial charge in [0, 0.05) is 31.9 Å². The zero-order valence-corrected chi connectivity index (χ0v) is 13.9. The van der Waals surface area contributed by atoms with Gasteiger partial charge in [0.15, 0.2) is 0 Å². The number of likely N-dealkylation sites (N-methyl/N-ethyl adjacent to an activating group) is 1. The fourth-order valence-corrected chi connectivity index (χ4v) is 3.14. The predicted octanol–water partition coefficient (Wildman–Crippen LogP) is 2.81. The van der Waals surface area contributed by atoms with Gasteiger partial charge in [-0.15, -0.1) is 0 Å². The van der Waals surface area contributed by atoms with Crippen LogP contribution in [-0.2, 0) is 6.42 Å². The summed E-state index contributed by atoms with van der Waals surface area (Å²) in [5.41, 5.74) is 10.1. The highest BCUT2D eigenvalue weighted by Gasteiger charge is 2.13. The van der Waals surface area contributed by atoms with Crippen LogP contribution in [-0.4, -0.2) is 44.2 Å². The van der Waals surface area contributed by atoms with Crippen molar-refractivity contribution in [3.8, 4) is 0 Å². The number of rotatable bonds is 7. The Hall–Kier alpha value is -1.06. The molecule has 1 aliphatic rings. The van der Waals surface area contributed by atoms with E-state index in [1.54, 1.807) is 0 Å². The number of aryl methyl sites for hydroxylation is 1. The Kier molecular flexibility index (Phi) is 6.07. The third-order valence-electron chi connectivity index (χ3n) is 4.65. The topological polar surface area (TPSA) is 32.5 Å². The third kappa shape index (κ3) is 4.72. The van der Waals surface area contributed by atoms with Crippen molar-refractivity contribution in [1.82, 2.24) is 4.90 Å². The van der Waals surface area contributed by atoms with Crippen molar-refractivity contribution < 1.29 is 0 Å². The molecule has 1 unspecified atom stereocenters. The first-order valence-corrected chi connectivity index (χ1v) is 8.38. The van der Waals surface area contributed by atoms with Gasteiger partial charge in [-0.3, -0.25) is 0 Å². The molecule has 1 heterocycles. The van der Waals surface area contributed by atoms with E-state index in [1.165, 1.54) is 49.3 Å². The summed E-state index contributed by atoms with van der Waals surface area (Å²) < 4.78 is 0. The van der Waals surface area contributed by atoms with Crippen LogP contribution in [0.15, 0.2) is 18.2 Å². The van der Waals surface area contributed by atoms with E-state index in [4.69, 9.17) is 5.73 Å². The van der Waals surface area contributed by atoms with Crippen LogP contribution in [0.3, 0.4) is 0 Å². The van der Waals surface area contributed by atoms with Crippen LogP contribution in [0, 0.1) is 6.92 Å². The van der Waals surface area contributed by atoms with Gasteiger partial charge in [0.05, 0.1) is 0 Å². The van der Waals surface area contributed by atoms with E-state index in [0.717, 1.165) is 19.4 Å². The molecule has 118 valence electrons. The second-order valence-corrected chi connectivity index (χ2v) is 6.46. The van der Waals surface area contributed by atoms with Gasteiger partial charge in [-0.2, -0.15) is 0 Å². The summed E-state index contributed by atoms with van der Waals surface area (Å²) in [7, 11) is 2.20. The maximum absolute atomic E-state index is 6.05. The molecule has 1 fully saturated rings. The van der Waals surface area contributed by atoms with Crippen molar-refractivity contribution in [2.45, 2.75) is 45.6 Å². The maximum Gasteiger partial charge on any atom is 0.0393 e. The summed E-state index contributed by atoms with van der Waals surface area (Å²) in [5.74, 6) is 0. The molecule has 1 saturated heterocycles. The minimum absolute atomic E-state index is 0.281. The molecule has 3 nitrogen and oxygen atoms in total. The van der Waals surface area contributed by atoms with Crippen molar-refractivity contribution in [2.24, 2.45) is 5.73 Å². The molecule has 1 aliphatic heterocycles. The van der Waals surface area contributed by atoms with E-state index < -0.39 is 0 Å². The number of likely N-dealkylation sites (tertiary alicyclic amines) is 1. The first-order valence-electron chi connectivity index (χ1n) is 8.38. The molecule has 0 saturated carbocycles. The SMILES string of the molecule is CCC(N)Cc1ccc(N(C)CCN2CCCC2)c(C)c1. The molecule has 0 aliphatic carbocycles. The number of anilines is 1. The molecular weight excluding hydrogens is 258 g/mol. The van der Waals surface area contributed by atoms with Crippen molar-refractivity contribution in [3.05, 3.63) is 29.3 Å². The summed E-state index contributed by atoms with van der Waals surface area (Å²) >= 11 is 0. The van der Waals surface area contributed by atoms with Crippen LogP contribution in [0.1, 0.15) is 37.3 Å². The Morgan fingerprint density at radius 1 is 1.29 bits per heavy atom. The first-order chi connectivity index (χ1) is 10.1. The lowest BCUT2D eigenvalue weighted by Gasteiger charge is -2.25. The molecule has 2 N–H and O–H groups in total. The van der Waals surface area contributed by atoms with Crippen LogP contribution in [0.4, 0.5) is 5.69 Å². The zero-order chi connectivity index (χ0) is 15.2. The fourth-order valence-electron chi connectivity index (χ4n) is 3.14. The second kappa shape index (κ2) is 7.81. The number of hydrogen-bond donors (Lipinski definition) is 1. The van der Waals surface area contributed by atoms with Crippen LogP contribution in [0.5, 0.6) is 0 Å². The molecule has 1 atom stereocenters. The maximum atomic E-state index is 6.05. The van der Waals surface area contributed by atoms with Gasteiger partial charge in [0.1, 0.15) is 0 Å². The predicted molar refractivity (Wildman–Crippen MR) is 92.1 cm³/mol. The quantitative estimate of drug-likeness (QED) is 0.838. The molecule has 0 spiro atoms. The van der Waals surface area contributed by atoms with Gasteiger partial charge < -0.3 is 15.5 Å². The van der Waals surface area contributed by atoms with Gasteiger partial charge in [0.2, 0.25) is 0 Å². The number of nitrogens with zero attached hydrogens (tertiary/aromatic N) is 2. The van der Waals surface area contributed by atoms with E-state index in [-0.39, 0.29) is 6.04 Å². The number of benzene rings is 1. The Labute approximate surface area is 130 Å². The molecule has 2 rings (SSSR count). The summed E-state index contributed by atoms with van der Waals surface area (Å²) in [4.78, 5) is 4.96. The summed E-state index contributed by atoms with van der Waals surface area (Å²) in [6, 6.07) is 7.08. The first kappa shape index (κ1) is 16.3. The molecule has 1 aromatic rings. The number of hydrogen-bond acceptors (Lipinski definition) is 3. The molecule has 21 heavy (non-hydrogen) atoms. The van der Waals surface area contributed by atoms with Crippen molar-refractivity contribution in [1.29, 1.82) is 0 Å². The summed E-state index contributed by atoms with van der Waals surface area (Å²) in [5, 5.41) is 0. The largest absolute Gasteiger partial charge is 0.373 e. The lowest BCUT2D eigenvalue weighted by atomic mass is 10.0. The average molecular weight is 289 g/mol. The zero-order valence-electron chi connectivity index (χ0n) is 13.9. The lowest BCUT2D eigenvalue weighted by Crippen LogP contribution is -2.31. The van der Waals surface area contributed by atoms with E-state index in [1.807, 2.05) is 0 Å². The Bertz CT molecular complexity index is 438. The lowest BCUT2D eigenvalue weighted by molar-refractivity contribution is 0.346. The Morgan fingerprint density at radius 2 is 2.00 bits per heavy atom. The molecule has 0 amide bonds. The molecule has 3 heteroatoms.